The summed E-state index contributed by atoms with van der Waals surface area (Å²) < 4.78 is 0. The molecule has 5 heteroatoms. The fourth-order valence-electron chi connectivity index (χ4n) is 2.00. The molecule has 1 aromatic carbocycles. The van der Waals surface area contributed by atoms with Crippen LogP contribution in [0.15, 0.2) is 42.6 Å². The smallest absolute Gasteiger partial charge is 0.248 e. The summed E-state index contributed by atoms with van der Waals surface area (Å²) in [7, 11) is 1.96. The molecule has 2 rings (SSSR count). The van der Waals surface area contributed by atoms with Gasteiger partial charge in [0, 0.05) is 37.5 Å². The van der Waals surface area contributed by atoms with Crippen LogP contribution < -0.4 is 16.4 Å². The number of benzene rings is 1. The van der Waals surface area contributed by atoms with Crippen LogP contribution in [0.4, 0.5) is 11.4 Å². The first-order valence-corrected chi connectivity index (χ1v) is 6.38. The maximum Gasteiger partial charge on any atom is 0.248 e. The van der Waals surface area contributed by atoms with E-state index in [2.05, 4.69) is 4.98 Å². The Morgan fingerprint density at radius 3 is 2.70 bits per heavy atom. The van der Waals surface area contributed by atoms with Gasteiger partial charge in [-0.05, 0) is 30.3 Å². The number of nitrogen functional groups attached to an aromatic ring is 1. The van der Waals surface area contributed by atoms with Gasteiger partial charge in [-0.25, -0.2) is 0 Å². The van der Waals surface area contributed by atoms with Gasteiger partial charge >= 0.3 is 0 Å². The van der Waals surface area contributed by atoms with E-state index in [9.17, 15) is 4.79 Å². The zero-order valence-electron chi connectivity index (χ0n) is 11.4. The van der Waals surface area contributed by atoms with Crippen LogP contribution in [-0.4, -0.2) is 24.5 Å². The van der Waals surface area contributed by atoms with Gasteiger partial charge in [-0.3, -0.25) is 9.78 Å². The molecule has 0 aliphatic heterocycles. The predicted octanol–water partition coefficient (Wildman–Crippen LogP) is 1.44. The maximum absolute atomic E-state index is 11.1. The van der Waals surface area contributed by atoms with E-state index < -0.39 is 5.91 Å². The molecule has 1 amide bonds. The molecule has 1 aromatic heterocycles. The first kappa shape index (κ1) is 13.9. The number of carbonyl (C=O) groups is 1. The number of primary amides is 1. The van der Waals surface area contributed by atoms with Crippen molar-refractivity contribution >= 4 is 17.3 Å². The number of hydrogen-bond donors (Lipinski definition) is 2. The van der Waals surface area contributed by atoms with Crippen molar-refractivity contribution in [2.75, 3.05) is 24.2 Å². The zero-order valence-corrected chi connectivity index (χ0v) is 11.4. The molecule has 0 fully saturated rings. The Morgan fingerprint density at radius 2 is 2.10 bits per heavy atom. The van der Waals surface area contributed by atoms with Crippen molar-refractivity contribution in [2.24, 2.45) is 5.73 Å². The fraction of sp³-hybridized carbons (Fsp3) is 0.200. The minimum absolute atomic E-state index is 0.421. The molecule has 5 nitrogen and oxygen atoms in total. The van der Waals surface area contributed by atoms with Crippen LogP contribution in [0.1, 0.15) is 16.1 Å². The summed E-state index contributed by atoms with van der Waals surface area (Å²) in [6.07, 6.45) is 2.61. The first-order chi connectivity index (χ1) is 9.58. The third-order valence-corrected chi connectivity index (χ3v) is 3.15. The molecule has 0 atom stereocenters. The summed E-state index contributed by atoms with van der Waals surface area (Å²) in [5.41, 5.74) is 14.1. The summed E-state index contributed by atoms with van der Waals surface area (Å²) >= 11 is 0. The SMILES string of the molecule is CN(CCc1ccccn1)c1ccc(C(N)=O)cc1N. The molecule has 20 heavy (non-hydrogen) atoms. The second kappa shape index (κ2) is 6.06. The van der Waals surface area contributed by atoms with Crippen LogP contribution in [0.25, 0.3) is 0 Å². The highest BCUT2D eigenvalue weighted by molar-refractivity contribution is 5.94. The summed E-state index contributed by atoms with van der Waals surface area (Å²) in [4.78, 5) is 17.4. The lowest BCUT2D eigenvalue weighted by atomic mass is 10.1. The van der Waals surface area contributed by atoms with Crippen molar-refractivity contribution in [1.29, 1.82) is 0 Å². The van der Waals surface area contributed by atoms with Crippen LogP contribution in [0, 0.1) is 0 Å². The highest BCUT2D eigenvalue weighted by Crippen LogP contribution is 2.23. The van der Waals surface area contributed by atoms with Crippen molar-refractivity contribution in [1.82, 2.24) is 4.98 Å². The number of nitrogens with two attached hydrogens (primary N) is 2. The Bertz CT molecular complexity index is 598. The summed E-state index contributed by atoms with van der Waals surface area (Å²) in [5.74, 6) is -0.473. The molecule has 0 radical (unpaired) electrons. The van der Waals surface area contributed by atoms with Gasteiger partial charge in [0.2, 0.25) is 5.91 Å². The Morgan fingerprint density at radius 1 is 1.30 bits per heavy atom. The maximum atomic E-state index is 11.1. The number of nitrogens with zero attached hydrogens (tertiary/aromatic N) is 2. The average Bonchev–Trinajstić information content (AvgIpc) is 2.45. The number of rotatable bonds is 5. The lowest BCUT2D eigenvalue weighted by Crippen LogP contribution is -2.22. The topological polar surface area (TPSA) is 85.2 Å². The highest BCUT2D eigenvalue weighted by Gasteiger charge is 2.08. The van der Waals surface area contributed by atoms with Crippen LogP contribution in [0.3, 0.4) is 0 Å². The van der Waals surface area contributed by atoms with Gasteiger partial charge in [0.15, 0.2) is 0 Å². The number of amides is 1. The van der Waals surface area contributed by atoms with Gasteiger partial charge in [0.05, 0.1) is 11.4 Å². The van der Waals surface area contributed by atoms with E-state index in [0.29, 0.717) is 11.3 Å². The van der Waals surface area contributed by atoms with E-state index in [1.807, 2.05) is 36.2 Å². The van der Waals surface area contributed by atoms with Crippen LogP contribution in [0.2, 0.25) is 0 Å². The molecule has 0 saturated heterocycles. The normalized spacial score (nSPS) is 10.2. The van der Waals surface area contributed by atoms with E-state index in [1.54, 1.807) is 18.3 Å². The minimum Gasteiger partial charge on any atom is -0.397 e. The minimum atomic E-state index is -0.473. The Kier molecular flexibility index (Phi) is 4.20. The molecular weight excluding hydrogens is 252 g/mol. The Balaban J connectivity index is 2.06. The van der Waals surface area contributed by atoms with Gasteiger partial charge in [-0.2, -0.15) is 0 Å². The predicted molar refractivity (Wildman–Crippen MR) is 80.6 cm³/mol. The van der Waals surface area contributed by atoms with Crippen LogP contribution in [-0.2, 0) is 6.42 Å². The molecule has 0 saturated carbocycles. The van der Waals surface area contributed by atoms with Crippen molar-refractivity contribution in [3.63, 3.8) is 0 Å². The Hall–Kier alpha value is -2.56. The van der Waals surface area contributed by atoms with Crippen molar-refractivity contribution < 1.29 is 4.79 Å². The molecule has 4 N–H and O–H groups in total. The van der Waals surface area contributed by atoms with E-state index >= 15 is 0 Å². The van der Waals surface area contributed by atoms with E-state index in [1.165, 1.54) is 0 Å². The molecular formula is C15H18N4O. The van der Waals surface area contributed by atoms with Crippen molar-refractivity contribution in [2.45, 2.75) is 6.42 Å². The monoisotopic (exact) mass is 270 g/mol. The van der Waals surface area contributed by atoms with Crippen LogP contribution in [0.5, 0.6) is 0 Å². The van der Waals surface area contributed by atoms with Gasteiger partial charge in [0.1, 0.15) is 0 Å². The third kappa shape index (κ3) is 3.26. The van der Waals surface area contributed by atoms with E-state index in [0.717, 1.165) is 24.3 Å². The van der Waals surface area contributed by atoms with Gasteiger partial charge in [0.25, 0.3) is 0 Å². The molecule has 1 heterocycles. The molecule has 0 aliphatic carbocycles. The number of pyridine rings is 1. The van der Waals surface area contributed by atoms with Gasteiger partial charge in [-0.1, -0.05) is 6.07 Å². The van der Waals surface area contributed by atoms with Crippen molar-refractivity contribution in [3.05, 3.63) is 53.9 Å². The molecule has 0 bridgehead atoms. The summed E-state index contributed by atoms with van der Waals surface area (Å²) in [6, 6.07) is 11.0. The Labute approximate surface area is 118 Å². The first-order valence-electron chi connectivity index (χ1n) is 6.38. The number of carbonyl (C=O) groups excluding carboxylic acids is 1. The van der Waals surface area contributed by atoms with Gasteiger partial charge in [-0.15, -0.1) is 0 Å². The zero-order chi connectivity index (χ0) is 14.5. The fourth-order valence-corrected chi connectivity index (χ4v) is 2.00. The molecule has 104 valence electrons. The highest BCUT2D eigenvalue weighted by atomic mass is 16.1. The number of hydrogen-bond acceptors (Lipinski definition) is 4. The lowest BCUT2D eigenvalue weighted by Gasteiger charge is -2.21. The van der Waals surface area contributed by atoms with E-state index in [4.69, 9.17) is 11.5 Å². The lowest BCUT2D eigenvalue weighted by molar-refractivity contribution is 0.100. The average molecular weight is 270 g/mol. The molecule has 0 unspecified atom stereocenters. The van der Waals surface area contributed by atoms with Gasteiger partial charge < -0.3 is 16.4 Å². The number of likely N-dealkylation sites (N-methyl/N-ethyl adjacent to an activating group) is 1. The second-order valence-electron chi connectivity index (χ2n) is 4.63. The standard InChI is InChI=1S/C15H18N4O/c1-19(9-7-12-4-2-3-8-18-12)14-6-5-11(15(17)20)10-13(14)16/h2-6,8,10H,7,9,16H2,1H3,(H2,17,20). The number of anilines is 2. The molecule has 2 aromatic rings. The summed E-state index contributed by atoms with van der Waals surface area (Å²) in [5, 5.41) is 0. The molecule has 0 aliphatic rings. The quantitative estimate of drug-likeness (QED) is 0.805. The summed E-state index contributed by atoms with van der Waals surface area (Å²) in [6.45, 7) is 0.789. The largest absolute Gasteiger partial charge is 0.397 e. The number of aromatic nitrogens is 1. The second-order valence-corrected chi connectivity index (χ2v) is 4.63. The third-order valence-electron chi connectivity index (χ3n) is 3.15. The van der Waals surface area contributed by atoms with Crippen molar-refractivity contribution in [3.8, 4) is 0 Å². The van der Waals surface area contributed by atoms with E-state index in [-0.39, 0.29) is 0 Å². The van der Waals surface area contributed by atoms with Crippen LogP contribution >= 0.6 is 0 Å². The molecule has 0 spiro atoms.